The second kappa shape index (κ2) is 32.7. The zero-order valence-corrected chi connectivity index (χ0v) is 28.9. The van der Waals surface area contributed by atoms with Gasteiger partial charge < -0.3 is 26.8 Å². The molecular formula is C33H62Br2N2O. The van der Waals surface area contributed by atoms with Crippen LogP contribution >= 0.6 is 17.0 Å². The molecule has 0 radical (unpaired) electrons. The van der Waals surface area contributed by atoms with Crippen molar-refractivity contribution in [2.24, 2.45) is 0 Å². The molecule has 0 aliphatic carbocycles. The number of rotatable bonds is 24. The summed E-state index contributed by atoms with van der Waals surface area (Å²) in [5.74, 6) is 12.7. The molecule has 0 heterocycles. The maximum Gasteiger partial charge on any atom is 0.220 e. The Hall–Kier alpha value is -0.490. The van der Waals surface area contributed by atoms with E-state index in [-0.39, 0.29) is 39.9 Å². The van der Waals surface area contributed by atoms with Gasteiger partial charge in [0, 0.05) is 19.3 Å². The number of halogens is 2. The van der Waals surface area contributed by atoms with Gasteiger partial charge in [-0.3, -0.25) is 4.79 Å². The number of carbonyl (C=O) groups is 1. The summed E-state index contributed by atoms with van der Waals surface area (Å²) in [5, 5.41) is 3.12. The molecule has 5 heteroatoms. The molecule has 0 unspecified atom stereocenters. The van der Waals surface area contributed by atoms with Crippen molar-refractivity contribution in [3.63, 3.8) is 0 Å². The fourth-order valence-electron chi connectivity index (χ4n) is 4.79. The molecule has 0 aromatic rings. The van der Waals surface area contributed by atoms with Crippen molar-refractivity contribution in [1.82, 2.24) is 5.32 Å². The first-order chi connectivity index (χ1) is 17.6. The number of amides is 1. The monoisotopic (exact) mass is 660 g/mol. The quantitative estimate of drug-likeness (QED) is 0.0768. The van der Waals surface area contributed by atoms with E-state index in [0.29, 0.717) is 6.42 Å². The standard InChI is InChI=1S/C33H60N2O.2BrH/c1-5-9-10-11-12-13-14-15-16-17-18-19-20-21-22-23-24-25-26-27-28-29-30-33(36)34-31-32-35(6-2,7-3)8-4;;/h5-18,23-32H2,1-4H3;2*1H. The SMILES string of the molecule is Br.CCCCCCCCCCCCC#CC#CCCCCCCCCC(=O)NCC[N+](CC)(CC)CC.[Br-]. The van der Waals surface area contributed by atoms with Crippen LogP contribution in [0.15, 0.2) is 0 Å². The number of likely N-dealkylation sites (N-methyl/N-ethyl adjacent to an activating group) is 1. The predicted molar refractivity (Wildman–Crippen MR) is 169 cm³/mol. The minimum Gasteiger partial charge on any atom is -1.00 e. The Morgan fingerprint density at radius 1 is 0.605 bits per heavy atom. The van der Waals surface area contributed by atoms with E-state index in [1.165, 1.54) is 89.9 Å². The normalized spacial score (nSPS) is 10.3. The van der Waals surface area contributed by atoms with Crippen molar-refractivity contribution < 1.29 is 26.3 Å². The number of nitrogens with zero attached hydrogens (tertiary/aromatic N) is 1. The van der Waals surface area contributed by atoms with E-state index in [1.54, 1.807) is 0 Å². The number of nitrogens with one attached hydrogen (secondary N) is 1. The summed E-state index contributed by atoms with van der Waals surface area (Å²) in [5.41, 5.74) is 0. The van der Waals surface area contributed by atoms with Crippen molar-refractivity contribution in [1.29, 1.82) is 0 Å². The summed E-state index contributed by atoms with van der Waals surface area (Å²) in [7, 11) is 0. The molecule has 0 saturated heterocycles. The molecule has 0 aromatic carbocycles. The van der Waals surface area contributed by atoms with Crippen molar-refractivity contribution in [3.8, 4) is 23.7 Å². The highest BCUT2D eigenvalue weighted by Crippen LogP contribution is 2.11. The molecule has 0 atom stereocenters. The zero-order chi connectivity index (χ0) is 26.6. The van der Waals surface area contributed by atoms with Crippen LogP contribution < -0.4 is 22.3 Å². The molecule has 1 N–H and O–H groups in total. The number of hydrogen-bond donors (Lipinski definition) is 1. The fourth-order valence-corrected chi connectivity index (χ4v) is 4.79. The van der Waals surface area contributed by atoms with E-state index in [9.17, 15) is 4.79 Å². The third kappa shape index (κ3) is 27.1. The van der Waals surface area contributed by atoms with Gasteiger partial charge in [-0.05, 0) is 51.9 Å². The van der Waals surface area contributed by atoms with Crippen LogP contribution in [0.4, 0.5) is 0 Å². The number of quaternary nitrogens is 1. The predicted octanol–water partition coefficient (Wildman–Crippen LogP) is 6.00. The van der Waals surface area contributed by atoms with Gasteiger partial charge in [-0.15, -0.1) is 17.0 Å². The highest BCUT2D eigenvalue weighted by molar-refractivity contribution is 8.93. The molecule has 0 rings (SSSR count). The summed E-state index contributed by atoms with van der Waals surface area (Å²) >= 11 is 0. The molecule has 0 aliphatic heterocycles. The summed E-state index contributed by atoms with van der Waals surface area (Å²) < 4.78 is 1.09. The lowest BCUT2D eigenvalue weighted by molar-refractivity contribution is -0.922. The summed E-state index contributed by atoms with van der Waals surface area (Å²) in [4.78, 5) is 12.1. The van der Waals surface area contributed by atoms with E-state index in [1.807, 2.05) is 0 Å². The van der Waals surface area contributed by atoms with Crippen molar-refractivity contribution >= 4 is 22.9 Å². The third-order valence-electron chi connectivity index (χ3n) is 7.77. The first-order valence-electron chi connectivity index (χ1n) is 15.7. The van der Waals surface area contributed by atoms with E-state index >= 15 is 0 Å². The van der Waals surface area contributed by atoms with Crippen molar-refractivity contribution in [2.75, 3.05) is 32.7 Å². The van der Waals surface area contributed by atoms with Gasteiger partial charge in [0.1, 0.15) is 0 Å². The molecular weight excluding hydrogens is 600 g/mol. The van der Waals surface area contributed by atoms with Gasteiger partial charge in [0.2, 0.25) is 5.91 Å². The molecule has 3 nitrogen and oxygen atoms in total. The summed E-state index contributed by atoms with van der Waals surface area (Å²) in [6.07, 6.45) is 23.4. The Balaban J connectivity index is -0.00000612. The first-order valence-corrected chi connectivity index (χ1v) is 15.7. The Kier molecular flexibility index (Phi) is 36.2. The van der Waals surface area contributed by atoms with Crippen LogP contribution in [-0.2, 0) is 4.79 Å². The average molecular weight is 663 g/mol. The van der Waals surface area contributed by atoms with Crippen molar-refractivity contribution in [3.05, 3.63) is 0 Å². The highest BCUT2D eigenvalue weighted by atomic mass is 79.9. The molecule has 0 spiro atoms. The second-order valence-corrected chi connectivity index (χ2v) is 10.5. The zero-order valence-electron chi connectivity index (χ0n) is 25.6. The molecule has 38 heavy (non-hydrogen) atoms. The van der Waals surface area contributed by atoms with Crippen LogP contribution in [0.3, 0.4) is 0 Å². The minimum atomic E-state index is 0. The highest BCUT2D eigenvalue weighted by Gasteiger charge is 2.20. The van der Waals surface area contributed by atoms with Crippen LogP contribution in [0.5, 0.6) is 0 Å². The average Bonchev–Trinajstić information content (AvgIpc) is 2.90. The van der Waals surface area contributed by atoms with Gasteiger partial charge in [-0.2, -0.15) is 0 Å². The van der Waals surface area contributed by atoms with E-state index in [4.69, 9.17) is 0 Å². The maximum absolute atomic E-state index is 12.1. The van der Waals surface area contributed by atoms with Gasteiger partial charge in [-0.1, -0.05) is 102 Å². The van der Waals surface area contributed by atoms with Crippen molar-refractivity contribution in [2.45, 2.75) is 150 Å². The van der Waals surface area contributed by atoms with Crippen LogP contribution in [0.25, 0.3) is 0 Å². The summed E-state index contributed by atoms with van der Waals surface area (Å²) in [6, 6.07) is 0. The molecule has 0 aliphatic rings. The van der Waals surface area contributed by atoms with Gasteiger partial charge in [0.15, 0.2) is 0 Å². The number of carbonyl (C=O) groups excluding carboxylic acids is 1. The minimum absolute atomic E-state index is 0. The molecule has 0 fully saturated rings. The van der Waals surface area contributed by atoms with Gasteiger partial charge in [-0.25, -0.2) is 0 Å². The Bertz CT molecular complexity index is 618. The lowest BCUT2D eigenvalue weighted by Gasteiger charge is -2.35. The number of unbranched alkanes of at least 4 members (excludes halogenated alkanes) is 16. The molecule has 0 saturated carbocycles. The van der Waals surface area contributed by atoms with Crippen LogP contribution in [0.2, 0.25) is 0 Å². The molecule has 1 amide bonds. The van der Waals surface area contributed by atoms with E-state index in [0.717, 1.165) is 62.9 Å². The van der Waals surface area contributed by atoms with E-state index in [2.05, 4.69) is 56.7 Å². The van der Waals surface area contributed by atoms with Crippen LogP contribution in [-0.4, -0.2) is 43.1 Å². The van der Waals surface area contributed by atoms with Crippen LogP contribution in [0, 0.1) is 23.7 Å². The molecule has 0 bridgehead atoms. The topological polar surface area (TPSA) is 29.1 Å². The van der Waals surface area contributed by atoms with E-state index < -0.39 is 0 Å². The Morgan fingerprint density at radius 3 is 1.42 bits per heavy atom. The lowest BCUT2D eigenvalue weighted by atomic mass is 10.1. The largest absolute Gasteiger partial charge is 1.00 e. The molecule has 224 valence electrons. The van der Waals surface area contributed by atoms with Crippen LogP contribution in [0.1, 0.15) is 150 Å². The molecule has 0 aromatic heterocycles. The fraction of sp³-hybridized carbons (Fsp3) is 0.848. The van der Waals surface area contributed by atoms with Gasteiger partial charge in [0.25, 0.3) is 0 Å². The van der Waals surface area contributed by atoms with Gasteiger partial charge in [0.05, 0.1) is 32.7 Å². The third-order valence-corrected chi connectivity index (χ3v) is 7.77. The smallest absolute Gasteiger partial charge is 0.220 e. The number of hydrogen-bond acceptors (Lipinski definition) is 1. The lowest BCUT2D eigenvalue weighted by Crippen LogP contribution is -3.00. The Labute approximate surface area is 259 Å². The van der Waals surface area contributed by atoms with Gasteiger partial charge >= 0.3 is 0 Å². The maximum atomic E-state index is 12.1. The first kappa shape index (κ1) is 42.0. The summed E-state index contributed by atoms with van der Waals surface area (Å²) in [6.45, 7) is 14.3. The second-order valence-electron chi connectivity index (χ2n) is 10.5. The Morgan fingerprint density at radius 2 is 1.00 bits per heavy atom.